The van der Waals surface area contributed by atoms with E-state index >= 15 is 0 Å². The molecule has 2 aliphatic heterocycles. The van der Waals surface area contributed by atoms with Gasteiger partial charge in [0.1, 0.15) is 11.6 Å². The molecule has 9 nitrogen and oxygen atoms in total. The summed E-state index contributed by atoms with van der Waals surface area (Å²) in [6, 6.07) is 14.0. The van der Waals surface area contributed by atoms with Crippen LogP contribution in [0.3, 0.4) is 0 Å². The zero-order valence-electron chi connectivity index (χ0n) is 24.0. The van der Waals surface area contributed by atoms with Crippen LogP contribution < -0.4 is 5.32 Å². The summed E-state index contributed by atoms with van der Waals surface area (Å²) in [6.45, 7) is 10.5. The summed E-state index contributed by atoms with van der Waals surface area (Å²) in [4.78, 5) is 41.2. The zero-order valence-corrected chi connectivity index (χ0v) is 24.0. The molecule has 0 saturated carbocycles. The number of ether oxygens (including phenoxy) is 2. The Labute approximate surface area is 241 Å². The molecule has 0 bridgehead atoms. The molecule has 2 heterocycles. The number of nitrogens with one attached hydrogen (secondary N) is 1. The summed E-state index contributed by atoms with van der Waals surface area (Å²) < 4.78 is 10.8. The van der Waals surface area contributed by atoms with Crippen molar-refractivity contribution in [1.82, 2.24) is 15.1 Å². The number of piperidine rings is 1. The summed E-state index contributed by atoms with van der Waals surface area (Å²) in [5.41, 5.74) is 2.66. The zero-order chi connectivity index (χ0) is 29.4. The predicted molar refractivity (Wildman–Crippen MR) is 154 cm³/mol. The second-order valence-electron chi connectivity index (χ2n) is 11.5. The van der Waals surface area contributed by atoms with Gasteiger partial charge in [0, 0.05) is 49.4 Å². The molecule has 2 aliphatic rings. The van der Waals surface area contributed by atoms with E-state index in [4.69, 9.17) is 9.47 Å². The van der Waals surface area contributed by atoms with Gasteiger partial charge in [0.25, 0.3) is 5.91 Å². The van der Waals surface area contributed by atoms with Gasteiger partial charge in [-0.25, -0.2) is 9.59 Å². The maximum atomic E-state index is 12.9. The Kier molecular flexibility index (Phi) is 10.0. The van der Waals surface area contributed by atoms with E-state index in [0.29, 0.717) is 31.5 Å². The van der Waals surface area contributed by atoms with E-state index in [1.807, 2.05) is 12.1 Å². The third-order valence-corrected chi connectivity index (χ3v) is 7.18. The Hall–Kier alpha value is -3.87. The summed E-state index contributed by atoms with van der Waals surface area (Å²) in [5, 5.41) is 12.5. The van der Waals surface area contributed by atoms with Crippen LogP contribution in [0.4, 0.5) is 4.79 Å². The van der Waals surface area contributed by atoms with Crippen LogP contribution in [0.25, 0.3) is 0 Å². The SMILES string of the molecule is CC(C)(C)OC(=O)N1CCC(C(NC(=O)c2ccc(C#Cc3ccc(CN4CCOCC4)cc3)cc2)C(=O)O)CC1. The number of amides is 2. The Bertz CT molecular complexity index is 1260. The molecule has 2 aromatic carbocycles. The first-order chi connectivity index (χ1) is 19.6. The van der Waals surface area contributed by atoms with Gasteiger partial charge in [-0.1, -0.05) is 24.0 Å². The number of likely N-dealkylation sites (tertiary alicyclic amines) is 1. The fraction of sp³-hybridized carbons (Fsp3) is 0.469. The second kappa shape index (κ2) is 13.7. The van der Waals surface area contributed by atoms with Gasteiger partial charge in [0.05, 0.1) is 13.2 Å². The van der Waals surface area contributed by atoms with Crippen molar-refractivity contribution >= 4 is 18.0 Å². The minimum absolute atomic E-state index is 0.291. The lowest BCUT2D eigenvalue weighted by molar-refractivity contribution is -0.141. The highest BCUT2D eigenvalue weighted by molar-refractivity contribution is 5.96. The van der Waals surface area contributed by atoms with Crippen LogP contribution in [0.15, 0.2) is 48.5 Å². The highest BCUT2D eigenvalue weighted by atomic mass is 16.6. The summed E-state index contributed by atoms with van der Waals surface area (Å²) in [6.07, 6.45) is 0.508. The number of carbonyl (C=O) groups excluding carboxylic acids is 2. The largest absolute Gasteiger partial charge is 0.480 e. The van der Waals surface area contributed by atoms with Crippen molar-refractivity contribution in [1.29, 1.82) is 0 Å². The van der Waals surface area contributed by atoms with Crippen molar-refractivity contribution in [2.75, 3.05) is 39.4 Å². The van der Waals surface area contributed by atoms with Crippen LogP contribution in [0.2, 0.25) is 0 Å². The number of hydrogen-bond donors (Lipinski definition) is 2. The Balaban J connectivity index is 1.29. The van der Waals surface area contributed by atoms with Gasteiger partial charge in [-0.15, -0.1) is 0 Å². The Morgan fingerprint density at radius 3 is 2.05 bits per heavy atom. The van der Waals surface area contributed by atoms with Crippen LogP contribution in [0, 0.1) is 17.8 Å². The molecular formula is C32H39N3O6. The number of hydrogen-bond acceptors (Lipinski definition) is 6. The lowest BCUT2D eigenvalue weighted by Gasteiger charge is -2.35. The molecule has 2 N–H and O–H groups in total. The normalized spacial score (nSPS) is 17.2. The van der Waals surface area contributed by atoms with E-state index in [-0.39, 0.29) is 5.92 Å². The fourth-order valence-electron chi connectivity index (χ4n) is 4.91. The maximum Gasteiger partial charge on any atom is 0.410 e. The minimum atomic E-state index is -1.09. The third kappa shape index (κ3) is 9.07. The lowest BCUT2D eigenvalue weighted by atomic mass is 9.89. The molecule has 1 atom stereocenters. The van der Waals surface area contributed by atoms with E-state index in [9.17, 15) is 19.5 Å². The molecule has 218 valence electrons. The highest BCUT2D eigenvalue weighted by Gasteiger charge is 2.35. The van der Waals surface area contributed by atoms with Crippen molar-refractivity contribution in [3.63, 3.8) is 0 Å². The summed E-state index contributed by atoms with van der Waals surface area (Å²) in [7, 11) is 0. The molecule has 0 aromatic heterocycles. The quantitative estimate of drug-likeness (QED) is 0.517. The first-order valence-electron chi connectivity index (χ1n) is 14.1. The molecular weight excluding hydrogens is 522 g/mol. The molecule has 2 fully saturated rings. The monoisotopic (exact) mass is 561 g/mol. The van der Waals surface area contributed by atoms with Gasteiger partial charge in [0.2, 0.25) is 0 Å². The predicted octanol–water partition coefficient (Wildman–Crippen LogP) is 3.75. The number of benzene rings is 2. The number of carboxylic acids is 1. The molecule has 2 aromatic rings. The molecule has 2 saturated heterocycles. The number of morpholine rings is 1. The average molecular weight is 562 g/mol. The van der Waals surface area contributed by atoms with Crippen molar-refractivity contribution in [2.24, 2.45) is 5.92 Å². The van der Waals surface area contributed by atoms with Crippen molar-refractivity contribution < 1.29 is 29.0 Å². The van der Waals surface area contributed by atoms with E-state index < -0.39 is 29.6 Å². The average Bonchev–Trinajstić information content (AvgIpc) is 2.95. The first-order valence-corrected chi connectivity index (χ1v) is 14.1. The standard InChI is InChI=1S/C32H39N3O6/c1-32(2,3)41-31(39)35-16-14-26(15-17-35)28(30(37)38)33-29(36)27-12-10-24(11-13-27)5-4-23-6-8-25(9-7-23)22-34-18-20-40-21-19-34/h6-13,26,28H,14-22H2,1-3H3,(H,33,36)(H,37,38). The number of rotatable bonds is 6. The van der Waals surface area contributed by atoms with Gasteiger partial charge < -0.3 is 24.8 Å². The van der Waals surface area contributed by atoms with Gasteiger partial charge in [-0.2, -0.15) is 0 Å². The molecule has 1 unspecified atom stereocenters. The van der Waals surface area contributed by atoms with Crippen LogP contribution in [0.1, 0.15) is 60.7 Å². The molecule has 2 amide bonds. The molecule has 9 heteroatoms. The topological polar surface area (TPSA) is 108 Å². The van der Waals surface area contributed by atoms with Crippen LogP contribution >= 0.6 is 0 Å². The molecule has 0 spiro atoms. The smallest absolute Gasteiger partial charge is 0.410 e. The number of carboxylic acid groups (broad SMARTS) is 1. The first kappa shape index (κ1) is 30.1. The number of carbonyl (C=O) groups is 3. The number of nitrogens with zero attached hydrogens (tertiary/aromatic N) is 2. The second-order valence-corrected chi connectivity index (χ2v) is 11.5. The fourth-order valence-corrected chi connectivity index (χ4v) is 4.91. The van der Waals surface area contributed by atoms with Crippen molar-refractivity contribution in [3.05, 3.63) is 70.8 Å². The lowest BCUT2D eigenvalue weighted by Crippen LogP contribution is -2.50. The van der Waals surface area contributed by atoms with Crippen molar-refractivity contribution in [3.8, 4) is 11.8 Å². The van der Waals surface area contributed by atoms with E-state index in [1.165, 1.54) is 5.56 Å². The van der Waals surface area contributed by atoms with Gasteiger partial charge >= 0.3 is 12.1 Å². The molecule has 0 radical (unpaired) electrons. The van der Waals surface area contributed by atoms with E-state index in [2.05, 4.69) is 34.2 Å². The molecule has 41 heavy (non-hydrogen) atoms. The summed E-state index contributed by atoms with van der Waals surface area (Å²) in [5.74, 6) is 4.44. The summed E-state index contributed by atoms with van der Waals surface area (Å²) >= 11 is 0. The molecule has 0 aliphatic carbocycles. The Morgan fingerprint density at radius 1 is 0.951 bits per heavy atom. The van der Waals surface area contributed by atoms with Crippen LogP contribution in [-0.2, 0) is 20.8 Å². The maximum absolute atomic E-state index is 12.9. The highest BCUT2D eigenvalue weighted by Crippen LogP contribution is 2.23. The van der Waals surface area contributed by atoms with Gasteiger partial charge in [-0.3, -0.25) is 9.69 Å². The van der Waals surface area contributed by atoms with Gasteiger partial charge in [0.15, 0.2) is 0 Å². The number of aliphatic carboxylic acids is 1. The minimum Gasteiger partial charge on any atom is -0.480 e. The van der Waals surface area contributed by atoms with Crippen LogP contribution in [-0.4, -0.2) is 83.9 Å². The van der Waals surface area contributed by atoms with Crippen molar-refractivity contribution in [2.45, 2.75) is 51.8 Å². The molecule has 4 rings (SSSR count). The Morgan fingerprint density at radius 2 is 1.51 bits per heavy atom. The van der Waals surface area contributed by atoms with Crippen LogP contribution in [0.5, 0.6) is 0 Å². The van der Waals surface area contributed by atoms with E-state index in [1.54, 1.807) is 49.9 Å². The third-order valence-electron chi connectivity index (χ3n) is 7.18. The van der Waals surface area contributed by atoms with Gasteiger partial charge in [-0.05, 0) is 81.5 Å². The van der Waals surface area contributed by atoms with E-state index in [0.717, 1.165) is 44.0 Å².